The number of benzene rings is 2. The molecule has 0 bridgehead atoms. The number of aliphatic hydroxyl groups is 1. The molecule has 0 aliphatic rings. The fraction of sp³-hybridized carbons (Fsp3) is 0.318. The maximum atomic E-state index is 11.5. The molecule has 4 N–H and O–H groups in total. The maximum Gasteiger partial charge on any atom is 0.515 e. The molecule has 0 saturated heterocycles. The number of aromatic hydroxyl groups is 1. The molecular formula is C22H26N2O5. The number of phenolic OH excluding ortho intramolecular Hbond substituents is 1. The number of aliphatic hydroxyl groups excluding tert-OH is 1. The molecule has 1 aromatic heterocycles. The average Bonchev–Trinajstić information content (AvgIpc) is 3.10. The summed E-state index contributed by atoms with van der Waals surface area (Å²) in [4.78, 5) is 14.5. The van der Waals surface area contributed by atoms with Crippen LogP contribution < -0.4 is 10.1 Å². The number of aromatic nitrogens is 1. The molecule has 2 aromatic carbocycles. The van der Waals surface area contributed by atoms with Gasteiger partial charge in [-0.05, 0) is 49.6 Å². The van der Waals surface area contributed by atoms with Crippen LogP contribution in [0.15, 0.2) is 48.5 Å². The van der Waals surface area contributed by atoms with Crippen molar-refractivity contribution in [3.8, 4) is 11.6 Å². The molecule has 0 aliphatic heterocycles. The van der Waals surface area contributed by atoms with E-state index in [4.69, 9.17) is 9.47 Å². The third-order valence-corrected chi connectivity index (χ3v) is 4.63. The summed E-state index contributed by atoms with van der Waals surface area (Å²) in [5.74, 6) is 0.516. The Balaban J connectivity index is 1.63. The first-order chi connectivity index (χ1) is 14.0. The van der Waals surface area contributed by atoms with Crippen LogP contribution in [0.2, 0.25) is 0 Å². The smallest absolute Gasteiger partial charge is 0.508 e. The Labute approximate surface area is 169 Å². The summed E-state index contributed by atoms with van der Waals surface area (Å²) < 4.78 is 9.90. The normalized spacial score (nSPS) is 13.2. The maximum absolute atomic E-state index is 11.5. The van der Waals surface area contributed by atoms with Gasteiger partial charge in [0.15, 0.2) is 0 Å². The van der Waals surface area contributed by atoms with E-state index in [0.29, 0.717) is 6.54 Å². The van der Waals surface area contributed by atoms with E-state index >= 15 is 0 Å². The highest BCUT2D eigenvalue weighted by Gasteiger charge is 2.16. The number of ether oxygens (including phenoxy) is 2. The third kappa shape index (κ3) is 5.49. The second-order valence-electron chi connectivity index (χ2n) is 6.92. The van der Waals surface area contributed by atoms with E-state index in [1.165, 1.54) is 0 Å². The van der Waals surface area contributed by atoms with E-state index in [0.717, 1.165) is 28.5 Å². The molecule has 29 heavy (non-hydrogen) atoms. The molecule has 0 amide bonds. The lowest BCUT2D eigenvalue weighted by Crippen LogP contribution is -2.32. The van der Waals surface area contributed by atoms with Gasteiger partial charge in [-0.2, -0.15) is 0 Å². The van der Waals surface area contributed by atoms with Crippen molar-refractivity contribution in [2.75, 3.05) is 13.2 Å². The van der Waals surface area contributed by atoms with E-state index in [9.17, 15) is 15.0 Å². The molecule has 1 heterocycles. The second-order valence-corrected chi connectivity index (χ2v) is 6.92. The number of fused-ring (bicyclic) bond motifs is 1. The van der Waals surface area contributed by atoms with Gasteiger partial charge in [-0.15, -0.1) is 0 Å². The van der Waals surface area contributed by atoms with Gasteiger partial charge < -0.3 is 30.0 Å². The summed E-state index contributed by atoms with van der Waals surface area (Å²) in [7, 11) is 0. The van der Waals surface area contributed by atoms with Crippen molar-refractivity contribution in [2.24, 2.45) is 0 Å². The summed E-state index contributed by atoms with van der Waals surface area (Å²) in [6.45, 7) is 4.35. The second kappa shape index (κ2) is 9.45. The number of carbonyl (C=O) groups is 1. The van der Waals surface area contributed by atoms with Gasteiger partial charge in [-0.1, -0.05) is 24.3 Å². The van der Waals surface area contributed by atoms with Crippen LogP contribution in [0.3, 0.4) is 0 Å². The Morgan fingerprint density at radius 3 is 2.69 bits per heavy atom. The molecule has 7 heteroatoms. The fourth-order valence-corrected chi connectivity index (χ4v) is 3.22. The van der Waals surface area contributed by atoms with Gasteiger partial charge in [-0.25, -0.2) is 4.79 Å². The predicted molar refractivity (Wildman–Crippen MR) is 110 cm³/mol. The number of aromatic amines is 1. The number of carbonyl (C=O) groups excluding carboxylic acids is 1. The number of H-pyrrole nitrogens is 1. The third-order valence-electron chi connectivity index (χ3n) is 4.63. The van der Waals surface area contributed by atoms with Crippen molar-refractivity contribution in [3.05, 3.63) is 59.7 Å². The highest BCUT2D eigenvalue weighted by atomic mass is 16.7. The predicted octanol–water partition coefficient (Wildman–Crippen LogP) is 3.66. The van der Waals surface area contributed by atoms with E-state index in [1.54, 1.807) is 25.1 Å². The topological polar surface area (TPSA) is 104 Å². The summed E-state index contributed by atoms with van der Waals surface area (Å²) in [5, 5.41) is 24.2. The van der Waals surface area contributed by atoms with E-state index in [2.05, 4.69) is 10.3 Å². The lowest BCUT2D eigenvalue weighted by molar-refractivity contribution is 0.103. The molecule has 7 nitrogen and oxygen atoms in total. The van der Waals surface area contributed by atoms with Gasteiger partial charge in [0.2, 0.25) is 5.88 Å². The van der Waals surface area contributed by atoms with Crippen LogP contribution in [0.5, 0.6) is 11.6 Å². The molecule has 0 saturated carbocycles. The van der Waals surface area contributed by atoms with E-state index < -0.39 is 12.3 Å². The molecule has 3 rings (SSSR count). The highest BCUT2D eigenvalue weighted by Crippen LogP contribution is 2.28. The zero-order chi connectivity index (χ0) is 20.8. The van der Waals surface area contributed by atoms with Crippen molar-refractivity contribution in [1.29, 1.82) is 0 Å². The quantitative estimate of drug-likeness (QED) is 0.432. The van der Waals surface area contributed by atoms with Crippen LogP contribution in [0, 0.1) is 0 Å². The number of hydrogen-bond donors (Lipinski definition) is 4. The first-order valence-electron chi connectivity index (χ1n) is 9.62. The van der Waals surface area contributed by atoms with Gasteiger partial charge in [0, 0.05) is 29.6 Å². The molecule has 0 fully saturated rings. The SMILES string of the molecule is CCOC(=O)Oc1cc2c(C(O)CNC(C)Cc3ccc(O)cc3)cccc2[nH]1. The molecular weight excluding hydrogens is 372 g/mol. The van der Waals surface area contributed by atoms with E-state index in [-0.39, 0.29) is 24.3 Å². The lowest BCUT2D eigenvalue weighted by atomic mass is 10.0. The minimum Gasteiger partial charge on any atom is -0.508 e. The number of phenols is 1. The van der Waals surface area contributed by atoms with Crippen LogP contribution in [-0.4, -0.2) is 40.5 Å². The van der Waals surface area contributed by atoms with Gasteiger partial charge in [-0.3, -0.25) is 0 Å². The standard InChI is InChI=1S/C22H26N2O5/c1-3-28-22(27)29-21-12-18-17(5-4-6-19(18)24-21)20(26)13-23-14(2)11-15-7-9-16(25)10-8-15/h4-10,12,14,20,23-26H,3,11,13H2,1-2H3. The lowest BCUT2D eigenvalue weighted by Gasteiger charge is -2.18. The van der Waals surface area contributed by atoms with Gasteiger partial charge >= 0.3 is 6.16 Å². The molecule has 2 atom stereocenters. The summed E-state index contributed by atoms with van der Waals surface area (Å²) >= 11 is 0. The van der Waals surface area contributed by atoms with Crippen LogP contribution in [0.4, 0.5) is 4.79 Å². The van der Waals surface area contributed by atoms with Crippen molar-refractivity contribution < 1.29 is 24.5 Å². The fourth-order valence-electron chi connectivity index (χ4n) is 3.22. The average molecular weight is 398 g/mol. The Bertz CT molecular complexity index is 951. The zero-order valence-corrected chi connectivity index (χ0v) is 16.5. The van der Waals surface area contributed by atoms with Crippen molar-refractivity contribution in [2.45, 2.75) is 32.4 Å². The van der Waals surface area contributed by atoms with Gasteiger partial charge in [0.1, 0.15) is 5.75 Å². The summed E-state index contributed by atoms with van der Waals surface area (Å²) in [6, 6.07) is 14.5. The molecule has 154 valence electrons. The molecule has 3 aromatic rings. The highest BCUT2D eigenvalue weighted by molar-refractivity contribution is 5.85. The molecule has 0 spiro atoms. The van der Waals surface area contributed by atoms with Crippen molar-refractivity contribution in [3.63, 3.8) is 0 Å². The first kappa shape index (κ1) is 20.7. The van der Waals surface area contributed by atoms with Gasteiger partial charge in [0.05, 0.1) is 12.7 Å². The zero-order valence-electron chi connectivity index (χ0n) is 16.5. The van der Waals surface area contributed by atoms with Crippen LogP contribution in [0.1, 0.15) is 31.1 Å². The molecule has 0 radical (unpaired) electrons. The van der Waals surface area contributed by atoms with Crippen LogP contribution in [-0.2, 0) is 11.2 Å². The summed E-state index contributed by atoms with van der Waals surface area (Å²) in [5.41, 5.74) is 2.60. The Hall–Kier alpha value is -3.03. The minimum absolute atomic E-state index is 0.141. The Kier molecular flexibility index (Phi) is 6.74. The first-order valence-corrected chi connectivity index (χ1v) is 9.62. The summed E-state index contributed by atoms with van der Waals surface area (Å²) in [6.07, 6.45) is -0.725. The number of hydrogen-bond acceptors (Lipinski definition) is 6. The van der Waals surface area contributed by atoms with Gasteiger partial charge in [0.25, 0.3) is 0 Å². The van der Waals surface area contributed by atoms with Crippen LogP contribution in [0.25, 0.3) is 10.9 Å². The van der Waals surface area contributed by atoms with E-state index in [1.807, 2.05) is 37.3 Å². The molecule has 2 unspecified atom stereocenters. The number of nitrogens with one attached hydrogen (secondary N) is 2. The number of rotatable bonds is 8. The minimum atomic E-state index is -0.772. The Morgan fingerprint density at radius 2 is 1.97 bits per heavy atom. The largest absolute Gasteiger partial charge is 0.515 e. The molecule has 0 aliphatic carbocycles. The monoisotopic (exact) mass is 398 g/mol. The Morgan fingerprint density at radius 1 is 1.21 bits per heavy atom. The van der Waals surface area contributed by atoms with Crippen molar-refractivity contribution >= 4 is 17.1 Å². The van der Waals surface area contributed by atoms with Crippen molar-refractivity contribution in [1.82, 2.24) is 10.3 Å². The van der Waals surface area contributed by atoms with Crippen LogP contribution >= 0.6 is 0 Å².